The van der Waals surface area contributed by atoms with E-state index in [1.165, 1.54) is 11.3 Å². The van der Waals surface area contributed by atoms with Crippen LogP contribution in [-0.2, 0) is 0 Å². The number of nitriles is 3. The smallest absolute Gasteiger partial charge is 0.142 e. The van der Waals surface area contributed by atoms with Crippen molar-refractivity contribution in [2.24, 2.45) is 0 Å². The summed E-state index contributed by atoms with van der Waals surface area (Å²) in [7, 11) is 0. The number of thiazole rings is 1. The number of rotatable bonds is 3. The molecule has 6 nitrogen and oxygen atoms in total. The molecule has 0 saturated carbocycles. The molecule has 142 valence electrons. The van der Waals surface area contributed by atoms with Crippen LogP contribution in [0.25, 0.3) is 21.3 Å². The van der Waals surface area contributed by atoms with Crippen molar-refractivity contribution in [2.45, 2.75) is 12.8 Å². The Hall–Kier alpha value is -4.25. The number of aromatic nitrogens is 2. The van der Waals surface area contributed by atoms with Gasteiger partial charge in [-0.2, -0.15) is 15.8 Å². The standard InChI is InChI=1S/C23H14N6S/c1-13-6-2-3-7-14(13)20-15(10-24)21(29-22(27)16(20)11-25)17(12-26)23-28-18-8-4-5-9-19(18)30-23/h2-9,17H,1H3,(H2,27,29). The third-order valence-corrected chi connectivity index (χ3v) is 5.95. The van der Waals surface area contributed by atoms with Crippen molar-refractivity contribution in [3.05, 3.63) is 75.9 Å². The zero-order valence-corrected chi connectivity index (χ0v) is 16.7. The molecule has 1 atom stereocenters. The largest absolute Gasteiger partial charge is 0.383 e. The molecular formula is C23H14N6S. The highest BCUT2D eigenvalue weighted by atomic mass is 32.1. The monoisotopic (exact) mass is 406 g/mol. The first-order chi connectivity index (χ1) is 14.6. The van der Waals surface area contributed by atoms with Crippen LogP contribution in [0.2, 0.25) is 0 Å². The highest BCUT2D eigenvalue weighted by Gasteiger charge is 2.28. The summed E-state index contributed by atoms with van der Waals surface area (Å²) in [6, 6.07) is 21.5. The minimum atomic E-state index is -0.880. The van der Waals surface area contributed by atoms with Crippen LogP contribution in [0.15, 0.2) is 48.5 Å². The van der Waals surface area contributed by atoms with Gasteiger partial charge in [0.25, 0.3) is 0 Å². The van der Waals surface area contributed by atoms with E-state index in [1.54, 1.807) is 0 Å². The molecule has 2 N–H and O–H groups in total. The molecule has 0 aliphatic heterocycles. The minimum absolute atomic E-state index is 0.00823. The topological polar surface area (TPSA) is 123 Å². The quantitative estimate of drug-likeness (QED) is 0.528. The number of nitrogens with zero attached hydrogens (tertiary/aromatic N) is 5. The molecule has 2 aromatic carbocycles. The Morgan fingerprint density at radius 3 is 2.30 bits per heavy atom. The highest BCUT2D eigenvalue weighted by Crippen LogP contribution is 2.39. The molecule has 0 saturated heterocycles. The van der Waals surface area contributed by atoms with Gasteiger partial charge >= 0.3 is 0 Å². The van der Waals surface area contributed by atoms with Gasteiger partial charge in [0.1, 0.15) is 34.4 Å². The molecule has 30 heavy (non-hydrogen) atoms. The first-order valence-corrected chi connectivity index (χ1v) is 9.85. The summed E-state index contributed by atoms with van der Waals surface area (Å²) in [5, 5.41) is 30.2. The van der Waals surface area contributed by atoms with E-state index in [1.807, 2.05) is 55.5 Å². The Kier molecular flexibility index (Phi) is 4.86. The number of anilines is 1. The van der Waals surface area contributed by atoms with E-state index in [2.05, 4.69) is 28.2 Å². The molecule has 0 aliphatic rings. The summed E-state index contributed by atoms with van der Waals surface area (Å²) in [5.74, 6) is -0.888. The summed E-state index contributed by atoms with van der Waals surface area (Å²) in [4.78, 5) is 8.89. The molecule has 0 radical (unpaired) electrons. The average molecular weight is 406 g/mol. The van der Waals surface area contributed by atoms with Gasteiger partial charge < -0.3 is 5.73 Å². The van der Waals surface area contributed by atoms with Gasteiger partial charge in [-0.3, -0.25) is 0 Å². The molecule has 0 amide bonds. The van der Waals surface area contributed by atoms with Gasteiger partial charge in [-0.05, 0) is 30.2 Å². The lowest BCUT2D eigenvalue weighted by atomic mass is 9.89. The summed E-state index contributed by atoms with van der Waals surface area (Å²) in [6.07, 6.45) is 0. The van der Waals surface area contributed by atoms with Crippen LogP contribution >= 0.6 is 11.3 Å². The zero-order chi connectivity index (χ0) is 21.3. The fraction of sp³-hybridized carbons (Fsp3) is 0.0870. The molecule has 0 fully saturated rings. The average Bonchev–Trinajstić information content (AvgIpc) is 3.18. The second-order valence-electron chi connectivity index (χ2n) is 6.63. The van der Waals surface area contributed by atoms with Gasteiger partial charge in [-0.1, -0.05) is 36.4 Å². The lowest BCUT2D eigenvalue weighted by Gasteiger charge is -2.16. The zero-order valence-electron chi connectivity index (χ0n) is 15.9. The van der Waals surface area contributed by atoms with Crippen molar-refractivity contribution in [3.63, 3.8) is 0 Å². The summed E-state index contributed by atoms with van der Waals surface area (Å²) in [6.45, 7) is 1.89. The molecule has 2 heterocycles. The van der Waals surface area contributed by atoms with Crippen molar-refractivity contribution in [2.75, 3.05) is 5.73 Å². The number of para-hydroxylation sites is 1. The van der Waals surface area contributed by atoms with E-state index < -0.39 is 5.92 Å². The van der Waals surface area contributed by atoms with E-state index in [0.29, 0.717) is 16.1 Å². The van der Waals surface area contributed by atoms with Gasteiger partial charge in [-0.25, -0.2) is 9.97 Å². The normalized spacial score (nSPS) is 11.4. The van der Waals surface area contributed by atoms with Gasteiger partial charge in [0, 0.05) is 5.56 Å². The number of nitrogens with two attached hydrogens (primary N) is 1. The lowest BCUT2D eigenvalue weighted by Crippen LogP contribution is -2.10. The predicted octanol–water partition coefficient (Wildman–Crippen LogP) is 4.65. The maximum atomic E-state index is 10.0. The van der Waals surface area contributed by atoms with Crippen molar-refractivity contribution in [3.8, 4) is 29.3 Å². The van der Waals surface area contributed by atoms with E-state index in [-0.39, 0.29) is 22.6 Å². The first-order valence-electron chi connectivity index (χ1n) is 9.03. The van der Waals surface area contributed by atoms with Crippen LogP contribution in [0.1, 0.15) is 33.3 Å². The Balaban J connectivity index is 2.03. The fourth-order valence-electron chi connectivity index (χ4n) is 3.43. The Morgan fingerprint density at radius 1 is 0.933 bits per heavy atom. The van der Waals surface area contributed by atoms with E-state index in [9.17, 15) is 15.8 Å². The van der Waals surface area contributed by atoms with E-state index >= 15 is 0 Å². The molecule has 4 aromatic rings. The number of pyridine rings is 1. The van der Waals surface area contributed by atoms with Crippen LogP contribution in [0.5, 0.6) is 0 Å². The number of fused-ring (bicyclic) bond motifs is 1. The SMILES string of the molecule is Cc1ccccc1-c1c(C#N)c(N)nc(C(C#N)c2nc3ccccc3s2)c1C#N. The number of nitrogen functional groups attached to an aromatic ring is 1. The summed E-state index contributed by atoms with van der Waals surface area (Å²) in [5.41, 5.74) is 9.41. The Labute approximate surface area is 177 Å². The van der Waals surface area contributed by atoms with Crippen LogP contribution in [0.4, 0.5) is 5.82 Å². The molecule has 4 rings (SSSR count). The maximum absolute atomic E-state index is 10.0. The third-order valence-electron chi connectivity index (χ3n) is 4.85. The number of aryl methyl sites for hydroxylation is 1. The third kappa shape index (κ3) is 3.02. The second kappa shape index (κ2) is 7.64. The lowest BCUT2D eigenvalue weighted by molar-refractivity contribution is 0.950. The van der Waals surface area contributed by atoms with Gasteiger partial charge in [-0.15, -0.1) is 11.3 Å². The Morgan fingerprint density at radius 2 is 1.63 bits per heavy atom. The van der Waals surface area contributed by atoms with Crippen molar-refractivity contribution in [1.82, 2.24) is 9.97 Å². The van der Waals surface area contributed by atoms with Gasteiger partial charge in [0.2, 0.25) is 0 Å². The molecular weight excluding hydrogens is 392 g/mol. The van der Waals surface area contributed by atoms with Crippen molar-refractivity contribution < 1.29 is 0 Å². The summed E-state index contributed by atoms with van der Waals surface area (Å²) < 4.78 is 0.937. The predicted molar refractivity (Wildman–Crippen MR) is 115 cm³/mol. The molecule has 0 bridgehead atoms. The molecule has 1 unspecified atom stereocenters. The Bertz CT molecular complexity index is 1380. The van der Waals surface area contributed by atoms with E-state index in [4.69, 9.17) is 5.73 Å². The minimum Gasteiger partial charge on any atom is -0.383 e. The molecule has 0 spiro atoms. The molecule has 2 aromatic heterocycles. The van der Waals surface area contributed by atoms with E-state index in [0.717, 1.165) is 15.8 Å². The van der Waals surface area contributed by atoms with Crippen LogP contribution in [-0.4, -0.2) is 9.97 Å². The number of hydrogen-bond acceptors (Lipinski definition) is 7. The van der Waals surface area contributed by atoms with Crippen molar-refractivity contribution in [1.29, 1.82) is 15.8 Å². The number of hydrogen-bond donors (Lipinski definition) is 1. The van der Waals surface area contributed by atoms with Crippen LogP contribution in [0.3, 0.4) is 0 Å². The first kappa shape index (κ1) is 19.1. The van der Waals surface area contributed by atoms with Crippen LogP contribution < -0.4 is 5.73 Å². The summed E-state index contributed by atoms with van der Waals surface area (Å²) >= 11 is 1.38. The maximum Gasteiger partial charge on any atom is 0.142 e. The molecule has 7 heteroatoms. The number of benzene rings is 2. The van der Waals surface area contributed by atoms with Gasteiger partial charge in [0.15, 0.2) is 0 Å². The van der Waals surface area contributed by atoms with Gasteiger partial charge in [0.05, 0.1) is 27.5 Å². The highest BCUT2D eigenvalue weighted by molar-refractivity contribution is 7.18. The fourth-order valence-corrected chi connectivity index (χ4v) is 4.44. The molecule has 0 aliphatic carbocycles. The van der Waals surface area contributed by atoms with Crippen LogP contribution in [0, 0.1) is 40.9 Å². The van der Waals surface area contributed by atoms with Crippen molar-refractivity contribution >= 4 is 27.4 Å². The second-order valence-corrected chi connectivity index (χ2v) is 7.69.